The van der Waals surface area contributed by atoms with E-state index in [1.807, 2.05) is 19.4 Å². The number of amides is 1. The summed E-state index contributed by atoms with van der Waals surface area (Å²) < 4.78 is 0. The van der Waals surface area contributed by atoms with Crippen molar-refractivity contribution >= 4 is 22.4 Å². The molecule has 2 rings (SSSR count). The molecule has 20 heavy (non-hydrogen) atoms. The molecule has 0 spiro atoms. The molecule has 5 nitrogen and oxygen atoms in total. The van der Waals surface area contributed by atoms with Crippen molar-refractivity contribution < 1.29 is 9.90 Å². The Morgan fingerprint density at radius 2 is 2.20 bits per heavy atom. The van der Waals surface area contributed by atoms with Crippen molar-refractivity contribution in [1.82, 2.24) is 10.3 Å². The highest BCUT2D eigenvalue weighted by Gasteiger charge is 2.15. The molecular formula is C14H17N3O2S. The lowest BCUT2D eigenvalue weighted by atomic mass is 10.1. The van der Waals surface area contributed by atoms with E-state index in [4.69, 9.17) is 0 Å². The van der Waals surface area contributed by atoms with Crippen LogP contribution in [0.2, 0.25) is 0 Å². The number of rotatable bonds is 4. The SMILES string of the molecule is CNC(C)c1csc(NC(=O)c2cccc(C)c2O)n1. The number of hydrogen-bond donors (Lipinski definition) is 3. The Bertz CT molecular complexity index is 625. The minimum atomic E-state index is -0.357. The van der Waals surface area contributed by atoms with Crippen LogP contribution < -0.4 is 10.6 Å². The molecule has 0 aliphatic rings. The number of nitrogens with zero attached hydrogens (tertiary/aromatic N) is 1. The van der Waals surface area contributed by atoms with E-state index in [2.05, 4.69) is 15.6 Å². The predicted octanol–water partition coefficient (Wildman–Crippen LogP) is 2.69. The highest BCUT2D eigenvalue weighted by molar-refractivity contribution is 7.14. The van der Waals surface area contributed by atoms with Crippen LogP contribution in [-0.2, 0) is 0 Å². The molecule has 1 unspecified atom stereocenters. The molecular weight excluding hydrogens is 274 g/mol. The van der Waals surface area contributed by atoms with Gasteiger partial charge in [-0.3, -0.25) is 10.1 Å². The maximum absolute atomic E-state index is 12.1. The molecule has 0 fully saturated rings. The van der Waals surface area contributed by atoms with Gasteiger partial charge >= 0.3 is 0 Å². The zero-order valence-corrected chi connectivity index (χ0v) is 12.4. The highest BCUT2D eigenvalue weighted by atomic mass is 32.1. The van der Waals surface area contributed by atoms with Crippen LogP contribution in [0.15, 0.2) is 23.6 Å². The van der Waals surface area contributed by atoms with Gasteiger partial charge in [-0.1, -0.05) is 12.1 Å². The minimum absolute atomic E-state index is 0.00497. The molecule has 0 radical (unpaired) electrons. The molecule has 0 saturated carbocycles. The zero-order chi connectivity index (χ0) is 14.7. The third kappa shape index (κ3) is 2.97. The molecule has 0 saturated heterocycles. The van der Waals surface area contributed by atoms with Gasteiger partial charge in [0.2, 0.25) is 0 Å². The summed E-state index contributed by atoms with van der Waals surface area (Å²) in [6, 6.07) is 5.20. The van der Waals surface area contributed by atoms with Crippen molar-refractivity contribution in [3.8, 4) is 5.75 Å². The average Bonchev–Trinajstić information content (AvgIpc) is 2.89. The van der Waals surface area contributed by atoms with Crippen LogP contribution in [0.4, 0.5) is 5.13 Å². The van der Waals surface area contributed by atoms with Crippen molar-refractivity contribution in [3.05, 3.63) is 40.4 Å². The van der Waals surface area contributed by atoms with Crippen molar-refractivity contribution in [2.75, 3.05) is 12.4 Å². The largest absolute Gasteiger partial charge is 0.507 e. The number of para-hydroxylation sites is 1. The fraction of sp³-hybridized carbons (Fsp3) is 0.286. The molecule has 2 aromatic rings. The number of aromatic nitrogens is 1. The molecule has 1 heterocycles. The lowest BCUT2D eigenvalue weighted by molar-refractivity contribution is 0.102. The number of phenols is 1. The molecule has 1 amide bonds. The maximum Gasteiger partial charge on any atom is 0.261 e. The number of phenolic OH excluding ortho intramolecular Hbond substituents is 1. The van der Waals surface area contributed by atoms with Crippen LogP contribution >= 0.6 is 11.3 Å². The normalized spacial score (nSPS) is 12.2. The Kier molecular flexibility index (Phi) is 4.36. The quantitative estimate of drug-likeness (QED) is 0.809. The first kappa shape index (κ1) is 14.5. The van der Waals surface area contributed by atoms with Gasteiger partial charge in [-0.15, -0.1) is 11.3 Å². The topological polar surface area (TPSA) is 74.2 Å². The molecule has 1 aromatic heterocycles. The van der Waals surface area contributed by atoms with Crippen molar-refractivity contribution in [1.29, 1.82) is 0 Å². The Labute approximate surface area is 121 Å². The molecule has 0 bridgehead atoms. The van der Waals surface area contributed by atoms with Crippen LogP contribution in [0.1, 0.15) is 34.6 Å². The summed E-state index contributed by atoms with van der Waals surface area (Å²) in [6.45, 7) is 3.75. The Balaban J connectivity index is 2.15. The number of hydrogen-bond acceptors (Lipinski definition) is 5. The zero-order valence-electron chi connectivity index (χ0n) is 11.6. The van der Waals surface area contributed by atoms with Gasteiger partial charge in [0.05, 0.1) is 11.3 Å². The van der Waals surface area contributed by atoms with E-state index in [-0.39, 0.29) is 23.3 Å². The van der Waals surface area contributed by atoms with E-state index < -0.39 is 0 Å². The number of nitrogens with one attached hydrogen (secondary N) is 2. The number of carbonyl (C=O) groups is 1. The lowest BCUT2D eigenvalue weighted by Gasteiger charge is -2.07. The second-order valence-corrected chi connectivity index (χ2v) is 5.37. The maximum atomic E-state index is 12.1. The fourth-order valence-corrected chi connectivity index (χ4v) is 2.50. The third-order valence-electron chi connectivity index (χ3n) is 3.10. The highest BCUT2D eigenvalue weighted by Crippen LogP contribution is 2.24. The van der Waals surface area contributed by atoms with Crippen LogP contribution in [0.25, 0.3) is 0 Å². The standard InChI is InChI=1S/C14H17N3O2S/c1-8-5-4-6-10(12(8)18)13(19)17-14-16-11(7-20-14)9(2)15-3/h4-7,9,15,18H,1-3H3,(H,16,17,19). The van der Waals surface area contributed by atoms with Gasteiger partial charge in [0.1, 0.15) is 5.75 Å². The number of benzene rings is 1. The van der Waals surface area contributed by atoms with Gasteiger partial charge in [-0.05, 0) is 32.5 Å². The Morgan fingerprint density at radius 3 is 2.90 bits per heavy atom. The molecule has 6 heteroatoms. The van der Waals surface area contributed by atoms with Gasteiger partial charge in [0, 0.05) is 11.4 Å². The number of thiazole rings is 1. The van der Waals surface area contributed by atoms with Crippen molar-refractivity contribution in [2.45, 2.75) is 19.9 Å². The first-order valence-electron chi connectivity index (χ1n) is 6.25. The summed E-state index contributed by atoms with van der Waals surface area (Å²) in [6.07, 6.45) is 0. The summed E-state index contributed by atoms with van der Waals surface area (Å²) in [5.74, 6) is -0.352. The molecule has 3 N–H and O–H groups in total. The summed E-state index contributed by atoms with van der Waals surface area (Å²) in [5.41, 5.74) is 1.80. The van der Waals surface area contributed by atoms with Crippen LogP contribution in [0, 0.1) is 6.92 Å². The van der Waals surface area contributed by atoms with E-state index in [0.29, 0.717) is 10.7 Å². The second-order valence-electron chi connectivity index (χ2n) is 4.51. The molecule has 1 aromatic carbocycles. The third-order valence-corrected chi connectivity index (χ3v) is 3.88. The molecule has 1 atom stereocenters. The van der Waals surface area contributed by atoms with E-state index in [1.165, 1.54) is 11.3 Å². The van der Waals surface area contributed by atoms with Gasteiger partial charge in [-0.25, -0.2) is 4.98 Å². The molecule has 0 aliphatic carbocycles. The van der Waals surface area contributed by atoms with E-state index in [9.17, 15) is 9.90 Å². The number of anilines is 1. The summed E-state index contributed by atoms with van der Waals surface area (Å²) in [5, 5.41) is 18.1. The van der Waals surface area contributed by atoms with E-state index >= 15 is 0 Å². The number of carbonyl (C=O) groups excluding carboxylic acids is 1. The van der Waals surface area contributed by atoms with Crippen LogP contribution in [0.5, 0.6) is 5.75 Å². The van der Waals surface area contributed by atoms with Crippen LogP contribution in [0.3, 0.4) is 0 Å². The first-order chi connectivity index (χ1) is 9.52. The smallest absolute Gasteiger partial charge is 0.261 e. The average molecular weight is 291 g/mol. The summed E-state index contributed by atoms with van der Waals surface area (Å²) in [7, 11) is 1.85. The lowest BCUT2D eigenvalue weighted by Crippen LogP contribution is -2.14. The van der Waals surface area contributed by atoms with Gasteiger partial charge in [0.25, 0.3) is 5.91 Å². The monoisotopic (exact) mass is 291 g/mol. The first-order valence-corrected chi connectivity index (χ1v) is 7.13. The molecule has 106 valence electrons. The van der Waals surface area contributed by atoms with Gasteiger partial charge in [-0.2, -0.15) is 0 Å². The minimum Gasteiger partial charge on any atom is -0.507 e. The van der Waals surface area contributed by atoms with Crippen LogP contribution in [-0.4, -0.2) is 23.0 Å². The number of aryl methyl sites for hydroxylation is 1. The van der Waals surface area contributed by atoms with Crippen molar-refractivity contribution in [2.24, 2.45) is 0 Å². The van der Waals surface area contributed by atoms with E-state index in [0.717, 1.165) is 5.69 Å². The summed E-state index contributed by atoms with van der Waals surface area (Å²) >= 11 is 1.36. The second kappa shape index (κ2) is 6.02. The fourth-order valence-electron chi connectivity index (χ4n) is 1.70. The molecule has 0 aliphatic heterocycles. The predicted molar refractivity (Wildman–Crippen MR) is 80.4 cm³/mol. The van der Waals surface area contributed by atoms with E-state index in [1.54, 1.807) is 25.1 Å². The number of aromatic hydroxyl groups is 1. The van der Waals surface area contributed by atoms with Gasteiger partial charge < -0.3 is 10.4 Å². The van der Waals surface area contributed by atoms with Gasteiger partial charge in [0.15, 0.2) is 5.13 Å². The Hall–Kier alpha value is -1.92. The van der Waals surface area contributed by atoms with Crippen molar-refractivity contribution in [3.63, 3.8) is 0 Å². The summed E-state index contributed by atoms with van der Waals surface area (Å²) in [4.78, 5) is 16.5. The Morgan fingerprint density at radius 1 is 1.45 bits per heavy atom.